The lowest BCUT2D eigenvalue weighted by molar-refractivity contribution is -0.116. The molecule has 1 aliphatic rings. The van der Waals surface area contributed by atoms with Gasteiger partial charge in [0.15, 0.2) is 0 Å². The topological polar surface area (TPSA) is 95.6 Å². The third kappa shape index (κ3) is 5.88. The smallest absolute Gasteiger partial charge is 0.253 e. The highest BCUT2D eigenvalue weighted by Crippen LogP contribution is 2.24. The summed E-state index contributed by atoms with van der Waals surface area (Å²) < 4.78 is 26.1. The minimum atomic E-state index is -3.72. The Balaban J connectivity index is 1.79. The monoisotopic (exact) mass is 457 g/mol. The number of nitrogens with one attached hydrogen (secondary N) is 2. The molecule has 1 fully saturated rings. The van der Waals surface area contributed by atoms with Crippen LogP contribution in [0.25, 0.3) is 0 Å². The van der Waals surface area contributed by atoms with Crippen LogP contribution in [-0.4, -0.2) is 38.6 Å². The van der Waals surface area contributed by atoms with Crippen LogP contribution in [0.5, 0.6) is 0 Å². The van der Waals surface area contributed by atoms with Crippen molar-refractivity contribution in [1.29, 1.82) is 0 Å². The van der Waals surface area contributed by atoms with E-state index in [4.69, 9.17) is 0 Å². The highest BCUT2D eigenvalue weighted by Gasteiger charge is 2.30. The zero-order valence-electron chi connectivity index (χ0n) is 18.8. The first-order valence-corrected chi connectivity index (χ1v) is 12.8. The third-order valence-electron chi connectivity index (χ3n) is 5.75. The largest absolute Gasteiger partial charge is 0.349 e. The highest BCUT2D eigenvalue weighted by atomic mass is 32.2. The van der Waals surface area contributed by atoms with Crippen LogP contribution < -0.4 is 14.9 Å². The summed E-state index contributed by atoms with van der Waals surface area (Å²) >= 11 is 0. The van der Waals surface area contributed by atoms with E-state index >= 15 is 0 Å². The Labute approximate surface area is 190 Å². The second kappa shape index (κ2) is 10.2. The van der Waals surface area contributed by atoms with Gasteiger partial charge in [-0.05, 0) is 51.0 Å². The van der Waals surface area contributed by atoms with Gasteiger partial charge < -0.3 is 10.6 Å². The summed E-state index contributed by atoms with van der Waals surface area (Å²) in [6, 6.07) is 12.8. The number of sulfonamides is 1. The fourth-order valence-electron chi connectivity index (χ4n) is 4.04. The standard InChI is InChI=1S/C24H31N3O4S/c1-17-13-15-20(16-14-17)27(32(3,30)31)18(2)23(28)26-22-12-8-7-11-21(22)24(29)25-19-9-5-4-6-10-19/h7-8,11-16,18-19H,4-6,9-10H2,1-3H3,(H,25,29)(H,26,28). The Kier molecular flexibility index (Phi) is 7.56. The summed E-state index contributed by atoms with van der Waals surface area (Å²) in [7, 11) is -3.72. The summed E-state index contributed by atoms with van der Waals surface area (Å²) in [5, 5.41) is 5.82. The fourth-order valence-corrected chi connectivity index (χ4v) is 5.21. The number of hydrogen-bond acceptors (Lipinski definition) is 4. The van der Waals surface area contributed by atoms with Gasteiger partial charge >= 0.3 is 0 Å². The summed E-state index contributed by atoms with van der Waals surface area (Å²) in [6.45, 7) is 3.43. The van der Waals surface area contributed by atoms with E-state index in [-0.39, 0.29) is 11.9 Å². The Bertz CT molecular complexity index is 1060. The maximum absolute atomic E-state index is 13.1. The Morgan fingerprint density at radius 1 is 1.00 bits per heavy atom. The number of aryl methyl sites for hydroxylation is 1. The van der Waals surface area contributed by atoms with E-state index in [1.807, 2.05) is 6.92 Å². The molecule has 1 aliphatic carbocycles. The van der Waals surface area contributed by atoms with Crippen molar-refractivity contribution < 1.29 is 18.0 Å². The fraction of sp³-hybridized carbons (Fsp3) is 0.417. The Morgan fingerprint density at radius 3 is 2.25 bits per heavy atom. The van der Waals surface area contributed by atoms with Crippen LogP contribution in [0.3, 0.4) is 0 Å². The number of anilines is 2. The lowest BCUT2D eigenvalue weighted by Gasteiger charge is -2.28. The average molecular weight is 458 g/mol. The van der Waals surface area contributed by atoms with E-state index in [0.717, 1.165) is 41.8 Å². The van der Waals surface area contributed by atoms with E-state index < -0.39 is 22.0 Å². The van der Waals surface area contributed by atoms with E-state index in [2.05, 4.69) is 10.6 Å². The van der Waals surface area contributed by atoms with Crippen molar-refractivity contribution in [3.05, 3.63) is 59.7 Å². The number of nitrogens with zero attached hydrogens (tertiary/aromatic N) is 1. The van der Waals surface area contributed by atoms with Crippen molar-refractivity contribution in [2.24, 2.45) is 0 Å². The van der Waals surface area contributed by atoms with Crippen LogP contribution in [0.2, 0.25) is 0 Å². The predicted molar refractivity (Wildman–Crippen MR) is 127 cm³/mol. The van der Waals surface area contributed by atoms with Crippen LogP contribution in [0.1, 0.15) is 54.9 Å². The number of para-hydroxylation sites is 1. The molecule has 7 nitrogen and oxygen atoms in total. The predicted octanol–water partition coefficient (Wildman–Crippen LogP) is 3.85. The molecule has 2 aromatic carbocycles. The second-order valence-corrected chi connectivity index (χ2v) is 10.3. The SMILES string of the molecule is Cc1ccc(N(C(C)C(=O)Nc2ccccc2C(=O)NC2CCCCC2)S(C)(=O)=O)cc1. The van der Waals surface area contributed by atoms with Gasteiger partial charge in [0.05, 0.1) is 23.2 Å². The minimum absolute atomic E-state index is 0.140. The van der Waals surface area contributed by atoms with E-state index in [0.29, 0.717) is 16.9 Å². The summed E-state index contributed by atoms with van der Waals surface area (Å²) in [6.07, 6.45) is 6.37. The molecule has 8 heteroatoms. The summed E-state index contributed by atoms with van der Waals surface area (Å²) in [5.74, 6) is -0.757. The molecule has 32 heavy (non-hydrogen) atoms. The zero-order chi connectivity index (χ0) is 23.3. The molecule has 2 aromatic rings. The summed E-state index contributed by atoms with van der Waals surface area (Å²) in [5.41, 5.74) is 2.11. The first-order valence-electron chi connectivity index (χ1n) is 10.9. The molecule has 0 bridgehead atoms. The number of amides is 2. The summed E-state index contributed by atoms with van der Waals surface area (Å²) in [4.78, 5) is 25.9. The van der Waals surface area contributed by atoms with Gasteiger partial charge in [-0.15, -0.1) is 0 Å². The lowest BCUT2D eigenvalue weighted by Crippen LogP contribution is -2.45. The van der Waals surface area contributed by atoms with Gasteiger partial charge in [0.25, 0.3) is 5.91 Å². The molecule has 1 unspecified atom stereocenters. The first-order chi connectivity index (χ1) is 15.2. The average Bonchev–Trinajstić information content (AvgIpc) is 2.75. The maximum atomic E-state index is 13.1. The van der Waals surface area contributed by atoms with Crippen molar-refractivity contribution in [2.45, 2.75) is 58.0 Å². The van der Waals surface area contributed by atoms with Gasteiger partial charge in [-0.1, -0.05) is 49.1 Å². The molecule has 1 atom stereocenters. The molecule has 0 radical (unpaired) electrons. The van der Waals surface area contributed by atoms with Gasteiger partial charge in [-0.25, -0.2) is 8.42 Å². The van der Waals surface area contributed by atoms with Crippen molar-refractivity contribution >= 4 is 33.2 Å². The molecule has 1 saturated carbocycles. The lowest BCUT2D eigenvalue weighted by atomic mass is 9.95. The van der Waals surface area contributed by atoms with Crippen LogP contribution in [0.4, 0.5) is 11.4 Å². The number of benzene rings is 2. The molecule has 2 N–H and O–H groups in total. The van der Waals surface area contributed by atoms with E-state index in [1.54, 1.807) is 48.5 Å². The van der Waals surface area contributed by atoms with Crippen molar-refractivity contribution in [3.8, 4) is 0 Å². The van der Waals surface area contributed by atoms with Crippen molar-refractivity contribution in [1.82, 2.24) is 5.32 Å². The Hall–Kier alpha value is -2.87. The maximum Gasteiger partial charge on any atom is 0.253 e. The number of carbonyl (C=O) groups is 2. The van der Waals surface area contributed by atoms with Gasteiger partial charge in [0.1, 0.15) is 6.04 Å². The zero-order valence-corrected chi connectivity index (χ0v) is 19.6. The van der Waals surface area contributed by atoms with Crippen LogP contribution >= 0.6 is 0 Å². The minimum Gasteiger partial charge on any atom is -0.349 e. The molecule has 0 spiro atoms. The molecule has 0 heterocycles. The second-order valence-electron chi connectivity index (χ2n) is 8.41. The van der Waals surface area contributed by atoms with Gasteiger partial charge in [-0.3, -0.25) is 13.9 Å². The molecular formula is C24H31N3O4S. The highest BCUT2D eigenvalue weighted by molar-refractivity contribution is 7.92. The van der Waals surface area contributed by atoms with Crippen molar-refractivity contribution in [2.75, 3.05) is 15.9 Å². The molecule has 0 aliphatic heterocycles. The molecule has 172 valence electrons. The molecule has 2 amide bonds. The van der Waals surface area contributed by atoms with Gasteiger partial charge in [0.2, 0.25) is 15.9 Å². The normalized spacial score (nSPS) is 15.6. The molecule has 3 rings (SSSR count). The Morgan fingerprint density at radius 2 is 1.62 bits per heavy atom. The van der Waals surface area contributed by atoms with Gasteiger partial charge in [-0.2, -0.15) is 0 Å². The van der Waals surface area contributed by atoms with Gasteiger partial charge in [0, 0.05) is 6.04 Å². The number of hydrogen-bond donors (Lipinski definition) is 2. The quantitative estimate of drug-likeness (QED) is 0.660. The molecule has 0 aromatic heterocycles. The molecule has 0 saturated heterocycles. The first kappa shape index (κ1) is 23.8. The number of rotatable bonds is 7. The van der Waals surface area contributed by atoms with Crippen LogP contribution in [0.15, 0.2) is 48.5 Å². The van der Waals surface area contributed by atoms with E-state index in [1.165, 1.54) is 13.3 Å². The van der Waals surface area contributed by atoms with Crippen LogP contribution in [-0.2, 0) is 14.8 Å². The number of carbonyl (C=O) groups excluding carboxylic acids is 2. The van der Waals surface area contributed by atoms with Crippen LogP contribution in [0, 0.1) is 6.92 Å². The van der Waals surface area contributed by atoms with E-state index in [9.17, 15) is 18.0 Å². The molecular weight excluding hydrogens is 426 g/mol. The third-order valence-corrected chi connectivity index (χ3v) is 6.99. The van der Waals surface area contributed by atoms with Crippen molar-refractivity contribution in [3.63, 3.8) is 0 Å².